The minimum Gasteiger partial charge on any atom is -0.404 e. The van der Waals surface area contributed by atoms with Gasteiger partial charge in [0.1, 0.15) is 0 Å². The van der Waals surface area contributed by atoms with E-state index in [2.05, 4.69) is 15.0 Å². The molecular weight excluding hydrogens is 488 g/mol. The van der Waals surface area contributed by atoms with E-state index in [0.717, 1.165) is 18.7 Å². The Hall–Kier alpha value is -1.28. The molecule has 2 rings (SSSR count). The summed E-state index contributed by atoms with van der Waals surface area (Å²) in [5, 5.41) is 2.55. The fraction of sp³-hybridized carbons (Fsp3) is 0.500. The van der Waals surface area contributed by atoms with Crippen LogP contribution in [0.3, 0.4) is 0 Å². The molecule has 3 N–H and O–H groups in total. The number of alkyl halides is 3. The second-order valence-electron chi connectivity index (χ2n) is 5.56. The molecule has 0 amide bonds. The van der Waals surface area contributed by atoms with Crippen molar-refractivity contribution in [2.75, 3.05) is 24.7 Å². The largest absolute Gasteiger partial charge is 0.573 e. The van der Waals surface area contributed by atoms with Crippen LogP contribution in [0.15, 0.2) is 29.3 Å². The fourth-order valence-corrected chi connectivity index (χ4v) is 3.77. The monoisotopic (exact) mass is 508 g/mol. The summed E-state index contributed by atoms with van der Waals surface area (Å²) in [6.45, 7) is 0.544. The number of rotatable bonds is 5. The van der Waals surface area contributed by atoms with Crippen LogP contribution in [0.4, 0.5) is 18.9 Å². The summed E-state index contributed by atoms with van der Waals surface area (Å²) in [4.78, 5) is 4.04. The number of hydrogen-bond acceptors (Lipinski definition) is 4. The van der Waals surface area contributed by atoms with Crippen LogP contribution in [0.25, 0.3) is 0 Å². The molecule has 1 heterocycles. The molecular formula is C14H20F3IN4O3S. The van der Waals surface area contributed by atoms with Gasteiger partial charge in [-0.2, -0.15) is 4.31 Å². The lowest BCUT2D eigenvalue weighted by Gasteiger charge is -2.20. The normalized spacial score (nSPS) is 19.1. The predicted octanol–water partition coefficient (Wildman–Crippen LogP) is 2.35. The number of anilines is 1. The van der Waals surface area contributed by atoms with Crippen molar-refractivity contribution in [2.45, 2.75) is 25.2 Å². The van der Waals surface area contributed by atoms with Gasteiger partial charge in [0, 0.05) is 12.6 Å². The number of ether oxygens (including phenoxy) is 1. The number of aliphatic imine (C=N–C) groups is 1. The van der Waals surface area contributed by atoms with Crippen LogP contribution in [0.2, 0.25) is 0 Å². The van der Waals surface area contributed by atoms with Gasteiger partial charge in [0.15, 0.2) is 11.7 Å². The molecule has 0 radical (unpaired) electrons. The molecule has 0 bridgehead atoms. The lowest BCUT2D eigenvalue weighted by Crippen LogP contribution is -2.37. The Bertz CT molecular complexity index is 743. The third-order valence-electron chi connectivity index (χ3n) is 3.60. The first-order valence-electron chi connectivity index (χ1n) is 7.45. The number of hydrogen-bond donors (Lipinski definition) is 2. The van der Waals surface area contributed by atoms with Crippen LogP contribution < -0.4 is 15.8 Å². The Morgan fingerprint density at radius 3 is 2.69 bits per heavy atom. The molecule has 26 heavy (non-hydrogen) atoms. The number of sulfonamides is 1. The molecule has 1 fully saturated rings. The van der Waals surface area contributed by atoms with Crippen molar-refractivity contribution < 1.29 is 26.3 Å². The van der Waals surface area contributed by atoms with E-state index in [1.54, 1.807) is 0 Å². The van der Waals surface area contributed by atoms with Gasteiger partial charge in [-0.15, -0.1) is 37.1 Å². The van der Waals surface area contributed by atoms with Gasteiger partial charge < -0.3 is 15.8 Å². The van der Waals surface area contributed by atoms with Gasteiger partial charge in [0.05, 0.1) is 18.5 Å². The average molecular weight is 508 g/mol. The van der Waals surface area contributed by atoms with E-state index in [0.29, 0.717) is 13.0 Å². The van der Waals surface area contributed by atoms with Crippen molar-refractivity contribution in [3.8, 4) is 5.75 Å². The van der Waals surface area contributed by atoms with Gasteiger partial charge >= 0.3 is 6.36 Å². The van der Waals surface area contributed by atoms with E-state index in [4.69, 9.17) is 5.73 Å². The molecule has 0 aliphatic carbocycles. The molecule has 7 nitrogen and oxygen atoms in total. The number of nitrogens with zero attached hydrogens (tertiary/aromatic N) is 2. The average Bonchev–Trinajstić information content (AvgIpc) is 2.94. The minimum atomic E-state index is -4.83. The first-order chi connectivity index (χ1) is 11.6. The second kappa shape index (κ2) is 9.08. The molecule has 1 aliphatic heterocycles. The van der Waals surface area contributed by atoms with Gasteiger partial charge in [-0.1, -0.05) is 12.1 Å². The summed E-state index contributed by atoms with van der Waals surface area (Å²) >= 11 is 0. The highest BCUT2D eigenvalue weighted by atomic mass is 127. The summed E-state index contributed by atoms with van der Waals surface area (Å²) in [6.07, 6.45) is -2.33. The topological polar surface area (TPSA) is 97.0 Å². The maximum atomic E-state index is 12.4. The van der Waals surface area contributed by atoms with Gasteiger partial charge in [-0.25, -0.2) is 8.42 Å². The Balaban J connectivity index is 0.00000338. The lowest BCUT2D eigenvalue weighted by atomic mass is 10.2. The van der Waals surface area contributed by atoms with Crippen molar-refractivity contribution in [3.63, 3.8) is 0 Å². The number of guanidine groups is 1. The van der Waals surface area contributed by atoms with E-state index in [-0.39, 0.29) is 48.2 Å². The summed E-state index contributed by atoms with van der Waals surface area (Å²) < 4.78 is 65.8. The van der Waals surface area contributed by atoms with Crippen LogP contribution in [0.1, 0.15) is 12.8 Å². The van der Waals surface area contributed by atoms with Crippen molar-refractivity contribution in [1.29, 1.82) is 0 Å². The number of para-hydroxylation sites is 2. The summed E-state index contributed by atoms with van der Waals surface area (Å²) in [5.41, 5.74) is 5.71. The van der Waals surface area contributed by atoms with E-state index >= 15 is 0 Å². The summed E-state index contributed by atoms with van der Waals surface area (Å²) in [6, 6.07) is 5.10. The number of nitrogens with one attached hydrogen (secondary N) is 1. The van der Waals surface area contributed by atoms with Crippen LogP contribution in [-0.4, -0.2) is 50.4 Å². The van der Waals surface area contributed by atoms with E-state index in [9.17, 15) is 21.6 Å². The van der Waals surface area contributed by atoms with E-state index < -0.39 is 22.1 Å². The molecule has 12 heteroatoms. The second-order valence-corrected chi connectivity index (χ2v) is 7.50. The number of halogens is 4. The number of benzene rings is 1. The zero-order valence-electron chi connectivity index (χ0n) is 13.9. The van der Waals surface area contributed by atoms with Gasteiger partial charge in [0.25, 0.3) is 0 Å². The van der Waals surface area contributed by atoms with Gasteiger partial charge in [0.2, 0.25) is 10.0 Å². The van der Waals surface area contributed by atoms with Gasteiger partial charge in [-0.05, 0) is 25.0 Å². The molecule has 1 aromatic rings. The molecule has 0 spiro atoms. The maximum Gasteiger partial charge on any atom is 0.573 e. The van der Waals surface area contributed by atoms with Crippen molar-refractivity contribution in [1.82, 2.24) is 4.31 Å². The molecule has 0 saturated carbocycles. The molecule has 0 aromatic heterocycles. The smallest absolute Gasteiger partial charge is 0.404 e. The molecule has 1 saturated heterocycles. The number of nitrogens with two attached hydrogens (primary N) is 1. The zero-order chi connectivity index (χ0) is 18.7. The van der Waals surface area contributed by atoms with Crippen molar-refractivity contribution in [3.05, 3.63) is 24.3 Å². The van der Waals surface area contributed by atoms with Crippen LogP contribution in [0, 0.1) is 0 Å². The molecule has 1 aliphatic rings. The van der Waals surface area contributed by atoms with Crippen molar-refractivity contribution >= 4 is 45.6 Å². The molecule has 0 unspecified atom stereocenters. The SMILES string of the molecule is CS(=O)(=O)N1CCC[C@@H]1CN=C(N)Nc1ccccc1OC(F)(F)F.I. The lowest BCUT2D eigenvalue weighted by molar-refractivity contribution is -0.274. The first-order valence-corrected chi connectivity index (χ1v) is 9.29. The Kier molecular flexibility index (Phi) is 7.95. The van der Waals surface area contributed by atoms with Crippen LogP contribution in [-0.2, 0) is 10.0 Å². The third-order valence-corrected chi connectivity index (χ3v) is 4.93. The first kappa shape index (κ1) is 22.8. The third kappa shape index (κ3) is 6.79. The molecule has 1 atom stereocenters. The summed E-state index contributed by atoms with van der Waals surface area (Å²) in [5.74, 6) is -0.564. The Morgan fingerprint density at radius 2 is 2.08 bits per heavy atom. The molecule has 148 valence electrons. The van der Waals surface area contributed by atoms with Gasteiger partial charge in [-0.3, -0.25) is 4.99 Å². The van der Waals surface area contributed by atoms with Crippen LogP contribution >= 0.6 is 24.0 Å². The van der Waals surface area contributed by atoms with E-state index in [1.807, 2.05) is 0 Å². The zero-order valence-corrected chi connectivity index (χ0v) is 17.0. The minimum absolute atomic E-state index is 0. The van der Waals surface area contributed by atoms with E-state index in [1.165, 1.54) is 22.5 Å². The van der Waals surface area contributed by atoms with Crippen molar-refractivity contribution in [2.24, 2.45) is 10.7 Å². The Morgan fingerprint density at radius 1 is 1.42 bits per heavy atom. The summed E-state index contributed by atoms with van der Waals surface area (Å²) in [7, 11) is -3.33. The standard InChI is InChI=1S/C14H19F3N4O3S.HI/c1-25(22,23)21-8-4-5-10(21)9-19-13(18)20-11-6-2-3-7-12(11)24-14(15,16)17;/h2-3,6-7,10H,4-5,8-9H2,1H3,(H3,18,19,20);1H/t10-;/m1./s1. The Labute approximate surface area is 166 Å². The highest BCUT2D eigenvalue weighted by molar-refractivity contribution is 14.0. The van der Waals surface area contributed by atoms with Crippen LogP contribution in [0.5, 0.6) is 5.75 Å². The predicted molar refractivity (Wildman–Crippen MR) is 103 cm³/mol. The highest BCUT2D eigenvalue weighted by Gasteiger charge is 2.32. The quantitative estimate of drug-likeness (QED) is 0.362. The highest BCUT2D eigenvalue weighted by Crippen LogP contribution is 2.29. The maximum absolute atomic E-state index is 12.4. The molecule has 1 aromatic carbocycles. The fourth-order valence-electron chi connectivity index (χ4n) is 2.59.